The van der Waals surface area contributed by atoms with Gasteiger partial charge in [-0.1, -0.05) is 23.7 Å². The second-order valence-electron chi connectivity index (χ2n) is 6.16. The minimum Gasteiger partial charge on any atom is -0.364 e. The van der Waals surface area contributed by atoms with Crippen molar-refractivity contribution in [3.05, 3.63) is 53.6 Å². The molecule has 0 amide bonds. The molecule has 3 aromatic rings. The van der Waals surface area contributed by atoms with Crippen molar-refractivity contribution in [1.29, 1.82) is 0 Å². The van der Waals surface area contributed by atoms with Crippen LogP contribution in [0.4, 0.5) is 5.82 Å². The number of aromatic nitrogens is 4. The number of piperidine rings is 1. The molecule has 6 nitrogen and oxygen atoms in total. The highest BCUT2D eigenvalue weighted by Gasteiger charge is 2.20. The summed E-state index contributed by atoms with van der Waals surface area (Å²) in [7, 11) is 0. The van der Waals surface area contributed by atoms with Gasteiger partial charge in [-0.3, -0.25) is 9.30 Å². The summed E-state index contributed by atoms with van der Waals surface area (Å²) >= 11 is 5.94. The highest BCUT2D eigenvalue weighted by Crippen LogP contribution is 2.19. The van der Waals surface area contributed by atoms with Gasteiger partial charge in [0.05, 0.1) is 0 Å². The third kappa shape index (κ3) is 3.34. The molecule has 0 radical (unpaired) electrons. The number of likely N-dealkylation sites (tertiary alicyclic amines) is 1. The summed E-state index contributed by atoms with van der Waals surface area (Å²) in [5.74, 6) is 0.811. The van der Waals surface area contributed by atoms with Crippen LogP contribution in [0.25, 0.3) is 5.65 Å². The molecule has 3 heterocycles. The fraction of sp³-hybridized carbons (Fsp3) is 0.353. The normalized spacial score (nSPS) is 16.5. The number of nitrogens with zero attached hydrogens (tertiary/aromatic N) is 5. The van der Waals surface area contributed by atoms with Crippen LogP contribution in [0.2, 0.25) is 5.02 Å². The first-order chi connectivity index (χ1) is 11.8. The molecule has 1 fully saturated rings. The van der Waals surface area contributed by atoms with E-state index in [0.29, 0.717) is 6.04 Å². The Labute approximate surface area is 145 Å². The standard InChI is InChI=1S/C17H19ClN6/c18-14-3-1-13(2-4-14)11-23-8-5-15(6-9-23)21-16-17-22-20-12-24(17)10-7-19-16/h1-4,7,10,12,15H,5-6,8-9,11H2,(H,19,21). The summed E-state index contributed by atoms with van der Waals surface area (Å²) < 4.78 is 1.88. The first-order valence-electron chi connectivity index (χ1n) is 8.15. The summed E-state index contributed by atoms with van der Waals surface area (Å²) in [5.41, 5.74) is 2.08. The van der Waals surface area contributed by atoms with E-state index in [1.54, 1.807) is 12.5 Å². The number of benzene rings is 1. The van der Waals surface area contributed by atoms with Gasteiger partial charge in [0.2, 0.25) is 5.65 Å². The largest absolute Gasteiger partial charge is 0.364 e. The van der Waals surface area contributed by atoms with E-state index in [2.05, 4.69) is 37.5 Å². The SMILES string of the molecule is Clc1ccc(CN2CCC(Nc3nccn4cnnc34)CC2)cc1. The van der Waals surface area contributed by atoms with Crippen molar-refractivity contribution >= 4 is 23.1 Å². The maximum Gasteiger partial charge on any atom is 0.203 e. The average Bonchev–Trinajstić information content (AvgIpc) is 3.08. The monoisotopic (exact) mass is 342 g/mol. The fourth-order valence-electron chi connectivity index (χ4n) is 3.14. The van der Waals surface area contributed by atoms with Crippen LogP contribution in [0, 0.1) is 0 Å². The van der Waals surface area contributed by atoms with E-state index >= 15 is 0 Å². The van der Waals surface area contributed by atoms with Gasteiger partial charge in [-0.2, -0.15) is 0 Å². The van der Waals surface area contributed by atoms with Crippen LogP contribution in [-0.2, 0) is 6.54 Å². The van der Waals surface area contributed by atoms with Crippen LogP contribution in [0.15, 0.2) is 43.0 Å². The molecule has 1 aliphatic rings. The summed E-state index contributed by atoms with van der Waals surface area (Å²) in [6.07, 6.45) is 7.50. The number of fused-ring (bicyclic) bond motifs is 1. The van der Waals surface area contributed by atoms with E-state index in [-0.39, 0.29) is 0 Å². The summed E-state index contributed by atoms with van der Waals surface area (Å²) in [6, 6.07) is 8.53. The highest BCUT2D eigenvalue weighted by molar-refractivity contribution is 6.30. The third-order valence-electron chi connectivity index (χ3n) is 4.46. The van der Waals surface area contributed by atoms with Gasteiger partial charge in [0.25, 0.3) is 0 Å². The van der Waals surface area contributed by atoms with Crippen molar-refractivity contribution in [2.24, 2.45) is 0 Å². The van der Waals surface area contributed by atoms with Crippen molar-refractivity contribution in [3.8, 4) is 0 Å². The number of anilines is 1. The van der Waals surface area contributed by atoms with E-state index in [0.717, 1.165) is 49.0 Å². The number of halogens is 1. The molecule has 4 rings (SSSR count). The zero-order chi connectivity index (χ0) is 16.4. The zero-order valence-corrected chi connectivity index (χ0v) is 14.0. The number of hydrogen-bond acceptors (Lipinski definition) is 5. The molecule has 124 valence electrons. The van der Waals surface area contributed by atoms with E-state index < -0.39 is 0 Å². The number of hydrogen-bond donors (Lipinski definition) is 1. The quantitative estimate of drug-likeness (QED) is 0.790. The van der Waals surface area contributed by atoms with Gasteiger partial charge in [0.1, 0.15) is 6.33 Å². The van der Waals surface area contributed by atoms with Gasteiger partial charge in [-0.05, 0) is 30.5 Å². The molecule has 0 bridgehead atoms. The lowest BCUT2D eigenvalue weighted by Gasteiger charge is -2.32. The van der Waals surface area contributed by atoms with Crippen LogP contribution in [0.5, 0.6) is 0 Å². The first-order valence-corrected chi connectivity index (χ1v) is 8.53. The van der Waals surface area contributed by atoms with Gasteiger partial charge < -0.3 is 5.32 Å². The maximum atomic E-state index is 5.94. The van der Waals surface area contributed by atoms with Gasteiger partial charge in [-0.25, -0.2) is 4.98 Å². The molecule has 0 unspecified atom stereocenters. The Morgan fingerprint density at radius 3 is 2.75 bits per heavy atom. The highest BCUT2D eigenvalue weighted by atomic mass is 35.5. The summed E-state index contributed by atoms with van der Waals surface area (Å²) in [6.45, 7) is 3.11. The van der Waals surface area contributed by atoms with Crippen LogP contribution in [0.1, 0.15) is 18.4 Å². The Morgan fingerprint density at radius 1 is 1.17 bits per heavy atom. The van der Waals surface area contributed by atoms with Crippen LogP contribution >= 0.6 is 11.6 Å². The topological polar surface area (TPSA) is 58.4 Å². The van der Waals surface area contributed by atoms with Crippen molar-refractivity contribution < 1.29 is 0 Å². The second kappa shape index (κ2) is 6.75. The Bertz CT molecular complexity index is 807. The summed E-state index contributed by atoms with van der Waals surface area (Å²) in [5, 5.41) is 12.4. The van der Waals surface area contributed by atoms with Gasteiger partial charge >= 0.3 is 0 Å². The molecule has 0 atom stereocenters. The Kier molecular flexibility index (Phi) is 4.32. The predicted octanol–water partition coefficient (Wildman–Crippen LogP) is 2.85. The van der Waals surface area contributed by atoms with Gasteiger partial charge in [0.15, 0.2) is 5.82 Å². The number of rotatable bonds is 4. The first kappa shape index (κ1) is 15.4. The molecule has 2 aromatic heterocycles. The Morgan fingerprint density at radius 2 is 1.96 bits per heavy atom. The smallest absolute Gasteiger partial charge is 0.203 e. The minimum absolute atomic E-state index is 0.418. The van der Waals surface area contributed by atoms with Gasteiger partial charge in [0, 0.05) is 43.1 Å². The maximum absolute atomic E-state index is 5.94. The van der Waals surface area contributed by atoms with Crippen LogP contribution < -0.4 is 5.32 Å². The molecule has 1 aromatic carbocycles. The van der Waals surface area contributed by atoms with E-state index in [1.165, 1.54) is 5.56 Å². The predicted molar refractivity (Wildman–Crippen MR) is 94.2 cm³/mol. The molecule has 1 aliphatic heterocycles. The van der Waals surface area contributed by atoms with Crippen molar-refractivity contribution in [2.45, 2.75) is 25.4 Å². The third-order valence-corrected chi connectivity index (χ3v) is 4.72. The van der Waals surface area contributed by atoms with E-state index in [1.807, 2.05) is 22.7 Å². The second-order valence-corrected chi connectivity index (χ2v) is 6.60. The lowest BCUT2D eigenvalue weighted by molar-refractivity contribution is 0.211. The van der Waals surface area contributed by atoms with Crippen molar-refractivity contribution in [1.82, 2.24) is 24.5 Å². The molecular formula is C17H19ClN6. The minimum atomic E-state index is 0.418. The molecule has 1 saturated heterocycles. The molecule has 7 heteroatoms. The molecule has 1 N–H and O–H groups in total. The summed E-state index contributed by atoms with van der Waals surface area (Å²) in [4.78, 5) is 6.89. The average molecular weight is 343 g/mol. The van der Waals surface area contributed by atoms with Crippen molar-refractivity contribution in [3.63, 3.8) is 0 Å². The van der Waals surface area contributed by atoms with Gasteiger partial charge in [-0.15, -0.1) is 10.2 Å². The Balaban J connectivity index is 1.34. The molecule has 0 saturated carbocycles. The van der Waals surface area contributed by atoms with Crippen LogP contribution in [0.3, 0.4) is 0 Å². The van der Waals surface area contributed by atoms with E-state index in [4.69, 9.17) is 11.6 Å². The molecule has 0 aliphatic carbocycles. The Hall–Kier alpha value is -2.18. The van der Waals surface area contributed by atoms with Crippen LogP contribution in [-0.4, -0.2) is 43.6 Å². The zero-order valence-electron chi connectivity index (χ0n) is 13.3. The lowest BCUT2D eigenvalue weighted by atomic mass is 10.0. The molecule has 0 spiro atoms. The molecule has 24 heavy (non-hydrogen) atoms. The van der Waals surface area contributed by atoms with Crippen molar-refractivity contribution in [2.75, 3.05) is 18.4 Å². The molecular weight excluding hydrogens is 324 g/mol. The number of nitrogens with one attached hydrogen (secondary N) is 1. The lowest BCUT2D eigenvalue weighted by Crippen LogP contribution is -2.38. The van der Waals surface area contributed by atoms with E-state index in [9.17, 15) is 0 Å². The fourth-order valence-corrected chi connectivity index (χ4v) is 3.26.